The molecule has 3 N–H and O–H groups in total. The number of likely N-dealkylation sites (tertiary alicyclic amines) is 1. The van der Waals surface area contributed by atoms with Gasteiger partial charge in [-0.1, -0.05) is 100 Å². The molecule has 9 nitrogen and oxygen atoms in total. The fraction of sp³-hybridized carbons (Fsp3) is 0.361. The van der Waals surface area contributed by atoms with Crippen LogP contribution in [-0.4, -0.2) is 53.2 Å². The Hall–Kier alpha value is -5.11. The first kappa shape index (κ1) is 34.8. The average molecular weight is 644 g/mol. The number of halogens is 2. The highest BCUT2D eigenvalue weighted by Crippen LogP contribution is 2.46. The van der Waals surface area contributed by atoms with Gasteiger partial charge in [-0.05, 0) is 36.0 Å². The van der Waals surface area contributed by atoms with Crippen molar-refractivity contribution < 1.29 is 28.0 Å². The molecule has 0 radical (unpaired) electrons. The van der Waals surface area contributed by atoms with E-state index in [9.17, 15) is 24.4 Å². The molecule has 4 amide bonds. The molecular formula is C36H39F2N5O4. The molecule has 1 spiro atoms. The molecule has 0 unspecified atom stereocenters. The molecule has 4 rings (SSSR count). The molecule has 47 heavy (non-hydrogen) atoms. The van der Waals surface area contributed by atoms with Crippen LogP contribution in [0.2, 0.25) is 0 Å². The van der Waals surface area contributed by atoms with Crippen LogP contribution in [0.15, 0.2) is 91.1 Å². The van der Waals surface area contributed by atoms with Crippen LogP contribution in [0.3, 0.4) is 0 Å². The first-order chi connectivity index (χ1) is 22.1. The molecule has 2 heterocycles. The molecule has 1 fully saturated rings. The maximum Gasteiger partial charge on any atom is 0.349 e. The monoisotopic (exact) mass is 643 g/mol. The Morgan fingerprint density at radius 1 is 1.11 bits per heavy atom. The molecular weight excluding hydrogens is 604 g/mol. The van der Waals surface area contributed by atoms with Crippen molar-refractivity contribution in [2.24, 2.45) is 5.41 Å². The largest absolute Gasteiger partial charge is 0.349 e. The zero-order valence-electron chi connectivity index (χ0n) is 26.8. The molecule has 2 aliphatic rings. The summed E-state index contributed by atoms with van der Waals surface area (Å²) in [4.78, 5) is 55.6. The summed E-state index contributed by atoms with van der Waals surface area (Å²) >= 11 is 0. The van der Waals surface area contributed by atoms with Crippen molar-refractivity contribution in [2.45, 2.75) is 70.0 Å². The van der Waals surface area contributed by atoms with Crippen molar-refractivity contribution in [1.29, 1.82) is 5.26 Å². The van der Waals surface area contributed by atoms with Gasteiger partial charge in [0.25, 0.3) is 5.91 Å². The summed E-state index contributed by atoms with van der Waals surface area (Å²) in [5.41, 5.74) is -0.938. The Morgan fingerprint density at radius 2 is 1.77 bits per heavy atom. The summed E-state index contributed by atoms with van der Waals surface area (Å²) in [7, 11) is 0. The minimum atomic E-state index is -3.98. The van der Waals surface area contributed by atoms with E-state index in [1.54, 1.807) is 43.3 Å². The lowest BCUT2D eigenvalue weighted by Gasteiger charge is -2.32. The van der Waals surface area contributed by atoms with Crippen LogP contribution in [0.4, 0.5) is 14.5 Å². The fourth-order valence-corrected chi connectivity index (χ4v) is 5.97. The number of amides is 4. The average Bonchev–Trinajstić information content (AvgIpc) is 3.56. The highest BCUT2D eigenvalue weighted by atomic mass is 19.3. The third kappa shape index (κ3) is 7.32. The Kier molecular flexibility index (Phi) is 10.1. The minimum absolute atomic E-state index is 0.00553. The minimum Gasteiger partial charge on any atom is -0.342 e. The number of rotatable bonds is 10. The quantitative estimate of drug-likeness (QED) is 0.318. The lowest BCUT2D eigenvalue weighted by atomic mass is 9.80. The second-order valence-corrected chi connectivity index (χ2v) is 13.0. The molecule has 1 saturated heterocycles. The molecule has 0 bridgehead atoms. The molecule has 0 saturated carbocycles. The molecule has 0 aliphatic carbocycles. The molecule has 11 heteroatoms. The zero-order valence-corrected chi connectivity index (χ0v) is 26.8. The van der Waals surface area contributed by atoms with Gasteiger partial charge in [0.1, 0.15) is 18.1 Å². The molecule has 0 aromatic heterocycles. The summed E-state index contributed by atoms with van der Waals surface area (Å²) in [5.74, 6) is -7.57. The summed E-state index contributed by atoms with van der Waals surface area (Å²) in [5, 5.41) is 17.7. The van der Waals surface area contributed by atoms with Gasteiger partial charge in [-0.25, -0.2) is 0 Å². The summed E-state index contributed by atoms with van der Waals surface area (Å²) in [6.45, 7) is 11.1. The van der Waals surface area contributed by atoms with Crippen molar-refractivity contribution in [3.8, 4) is 6.07 Å². The first-order valence-corrected chi connectivity index (χ1v) is 15.3. The number of allylic oxidation sites excluding steroid dienone is 3. The number of carbonyl (C=O) groups excluding carboxylic acids is 4. The van der Waals surface area contributed by atoms with E-state index in [1.807, 2.05) is 20.8 Å². The fourth-order valence-electron chi connectivity index (χ4n) is 5.97. The highest BCUT2D eigenvalue weighted by Gasteiger charge is 2.56. The number of benzene rings is 2. The highest BCUT2D eigenvalue weighted by molar-refractivity contribution is 6.07. The number of nitriles is 1. The van der Waals surface area contributed by atoms with Crippen molar-refractivity contribution in [3.05, 3.63) is 102 Å². The van der Waals surface area contributed by atoms with Gasteiger partial charge in [0.15, 0.2) is 0 Å². The SMILES string of the molecule is C=C(/C=C\C=C/C)[C@H](NC(=O)C(F)(F)c1ccccc1)C(=O)N[C@@H](CC(C)(C)C)C(=O)N1C[C@]2(C[C@H]1C#N)C(=O)Nc1ccccc12. The Bertz CT molecular complexity index is 1660. The number of nitrogens with zero attached hydrogens (tertiary/aromatic N) is 2. The third-order valence-corrected chi connectivity index (χ3v) is 8.29. The van der Waals surface area contributed by atoms with Gasteiger partial charge in [0.05, 0.1) is 11.5 Å². The predicted molar refractivity (Wildman–Crippen MR) is 174 cm³/mol. The van der Waals surface area contributed by atoms with Crippen LogP contribution >= 0.6 is 0 Å². The van der Waals surface area contributed by atoms with Crippen molar-refractivity contribution in [3.63, 3.8) is 0 Å². The third-order valence-electron chi connectivity index (χ3n) is 8.29. The number of hydrogen-bond acceptors (Lipinski definition) is 5. The summed E-state index contributed by atoms with van der Waals surface area (Å²) < 4.78 is 30.4. The van der Waals surface area contributed by atoms with E-state index < -0.39 is 58.2 Å². The predicted octanol–water partition coefficient (Wildman–Crippen LogP) is 4.89. The van der Waals surface area contributed by atoms with Gasteiger partial charge in [0.2, 0.25) is 17.7 Å². The lowest BCUT2D eigenvalue weighted by Crippen LogP contribution is -2.57. The standard InChI is InChI=1S/C36H39F2N5O4/c1-6-7-9-14-23(2)29(42-33(47)36(37,38)24-15-10-8-11-16-24)30(44)40-28(20-34(3,4)5)31(45)43-22-35(19-25(43)21-39)26-17-12-13-18-27(26)41-32(35)46/h6-18,25,28-29H,2,19-20,22H2,1,3-5H3,(H,40,44)(H,41,46)(H,42,47)/b7-6-,14-9-/t25-,28-,29-,35-/m0/s1. The normalized spacial score (nSPS) is 20.5. The van der Waals surface area contributed by atoms with Crippen molar-refractivity contribution >= 4 is 29.3 Å². The van der Waals surface area contributed by atoms with Crippen LogP contribution < -0.4 is 16.0 Å². The number of anilines is 1. The molecule has 4 atom stereocenters. The van der Waals surface area contributed by atoms with Crippen LogP contribution in [0.1, 0.15) is 51.7 Å². The topological polar surface area (TPSA) is 131 Å². The first-order valence-electron chi connectivity index (χ1n) is 15.3. The van der Waals surface area contributed by atoms with E-state index in [4.69, 9.17) is 0 Å². The van der Waals surface area contributed by atoms with E-state index in [1.165, 1.54) is 35.3 Å². The van der Waals surface area contributed by atoms with Gasteiger partial charge in [-0.15, -0.1) is 0 Å². The summed E-state index contributed by atoms with van der Waals surface area (Å²) in [6.07, 6.45) is 6.44. The number of fused-ring (bicyclic) bond motifs is 2. The van der Waals surface area contributed by atoms with Crippen molar-refractivity contribution in [1.82, 2.24) is 15.5 Å². The second kappa shape index (κ2) is 13.7. The van der Waals surface area contributed by atoms with Crippen LogP contribution in [0.5, 0.6) is 0 Å². The van der Waals surface area contributed by atoms with Gasteiger partial charge < -0.3 is 20.9 Å². The van der Waals surface area contributed by atoms with Crippen LogP contribution in [0.25, 0.3) is 0 Å². The molecule has 2 aromatic rings. The van der Waals surface area contributed by atoms with E-state index >= 15 is 8.78 Å². The van der Waals surface area contributed by atoms with E-state index in [0.717, 1.165) is 12.1 Å². The number of carbonyl (C=O) groups is 4. The lowest BCUT2D eigenvalue weighted by molar-refractivity contribution is -0.149. The van der Waals surface area contributed by atoms with E-state index in [0.29, 0.717) is 11.3 Å². The smallest absolute Gasteiger partial charge is 0.342 e. The van der Waals surface area contributed by atoms with Gasteiger partial charge in [-0.2, -0.15) is 14.0 Å². The van der Waals surface area contributed by atoms with Crippen LogP contribution in [0, 0.1) is 16.7 Å². The Balaban J connectivity index is 1.64. The molecule has 246 valence electrons. The van der Waals surface area contributed by atoms with Gasteiger partial charge >= 0.3 is 5.92 Å². The van der Waals surface area contributed by atoms with E-state index in [2.05, 4.69) is 28.6 Å². The number of alkyl halides is 2. The second-order valence-electron chi connectivity index (χ2n) is 13.0. The molecule has 2 aromatic carbocycles. The molecule has 2 aliphatic heterocycles. The van der Waals surface area contributed by atoms with E-state index in [-0.39, 0.29) is 30.9 Å². The maximum absolute atomic E-state index is 15.2. The van der Waals surface area contributed by atoms with Crippen LogP contribution in [-0.2, 0) is 30.5 Å². The van der Waals surface area contributed by atoms with Gasteiger partial charge in [0, 0.05) is 24.2 Å². The Labute approximate surface area is 273 Å². The number of para-hydroxylation sites is 1. The van der Waals surface area contributed by atoms with Gasteiger partial charge in [-0.3, -0.25) is 19.2 Å². The van der Waals surface area contributed by atoms with Crippen molar-refractivity contribution in [2.75, 3.05) is 11.9 Å². The Morgan fingerprint density at radius 3 is 2.40 bits per heavy atom. The number of nitrogens with one attached hydrogen (secondary N) is 3. The zero-order chi connectivity index (χ0) is 34.6. The number of hydrogen-bond donors (Lipinski definition) is 3. The summed E-state index contributed by atoms with van der Waals surface area (Å²) in [6, 6.07) is 11.8. The maximum atomic E-state index is 15.2.